The maximum absolute atomic E-state index is 11.9. The first kappa shape index (κ1) is 15.5. The van der Waals surface area contributed by atoms with Crippen LogP contribution in [0.5, 0.6) is 0 Å². The van der Waals surface area contributed by atoms with Crippen LogP contribution in [-0.4, -0.2) is 31.1 Å². The summed E-state index contributed by atoms with van der Waals surface area (Å²) in [6.07, 6.45) is 3.37. The highest BCUT2D eigenvalue weighted by atomic mass is 16.5. The van der Waals surface area contributed by atoms with Gasteiger partial charge in [-0.3, -0.25) is 9.59 Å². The number of carbonyl (C=O) groups is 2. The van der Waals surface area contributed by atoms with E-state index in [0.29, 0.717) is 24.4 Å². The molecule has 2 amide bonds. The molecule has 0 aliphatic carbocycles. The van der Waals surface area contributed by atoms with Crippen LogP contribution in [0.25, 0.3) is 0 Å². The zero-order valence-corrected chi connectivity index (χ0v) is 12.4. The standard InChI is InChI=1S/C16H22N2O3/c1-2-3-10-17-15(19)12-6-8-13(9-7-12)18-16(20)14-5-4-11-21-14/h6-9,14H,2-5,10-11H2,1H3,(H,17,19)(H,18,20)/t14-/m0/s1. The van der Waals surface area contributed by atoms with Gasteiger partial charge in [-0.25, -0.2) is 0 Å². The van der Waals surface area contributed by atoms with E-state index in [4.69, 9.17) is 4.74 Å². The third kappa shape index (κ3) is 4.56. The summed E-state index contributed by atoms with van der Waals surface area (Å²) in [5, 5.41) is 5.67. The van der Waals surface area contributed by atoms with E-state index in [-0.39, 0.29) is 17.9 Å². The van der Waals surface area contributed by atoms with Crippen LogP contribution in [0.2, 0.25) is 0 Å². The summed E-state index contributed by atoms with van der Waals surface area (Å²) < 4.78 is 5.33. The van der Waals surface area contributed by atoms with E-state index in [1.165, 1.54) is 0 Å². The fraction of sp³-hybridized carbons (Fsp3) is 0.500. The van der Waals surface area contributed by atoms with Crippen LogP contribution in [0.1, 0.15) is 43.0 Å². The summed E-state index contributed by atoms with van der Waals surface area (Å²) in [5.74, 6) is -0.201. The highest BCUT2D eigenvalue weighted by molar-refractivity contribution is 5.96. The van der Waals surface area contributed by atoms with Crippen molar-refractivity contribution in [3.8, 4) is 0 Å². The SMILES string of the molecule is CCCCNC(=O)c1ccc(NC(=O)[C@@H]2CCCO2)cc1. The van der Waals surface area contributed by atoms with Gasteiger partial charge < -0.3 is 15.4 Å². The second-order valence-corrected chi connectivity index (χ2v) is 5.18. The molecule has 5 nitrogen and oxygen atoms in total. The van der Waals surface area contributed by atoms with Gasteiger partial charge in [0, 0.05) is 24.4 Å². The molecule has 114 valence electrons. The van der Waals surface area contributed by atoms with E-state index >= 15 is 0 Å². The van der Waals surface area contributed by atoms with Gasteiger partial charge >= 0.3 is 0 Å². The summed E-state index contributed by atoms with van der Waals surface area (Å²) >= 11 is 0. The van der Waals surface area contributed by atoms with Crippen LogP contribution in [0.15, 0.2) is 24.3 Å². The lowest BCUT2D eigenvalue weighted by molar-refractivity contribution is -0.124. The Balaban J connectivity index is 1.86. The van der Waals surface area contributed by atoms with Crippen LogP contribution in [0.3, 0.4) is 0 Å². The molecule has 5 heteroatoms. The molecule has 1 heterocycles. The highest BCUT2D eigenvalue weighted by Gasteiger charge is 2.23. The molecule has 2 N–H and O–H groups in total. The Hall–Kier alpha value is -1.88. The smallest absolute Gasteiger partial charge is 0.253 e. The van der Waals surface area contributed by atoms with Crippen LogP contribution < -0.4 is 10.6 Å². The van der Waals surface area contributed by atoms with Gasteiger partial charge in [-0.2, -0.15) is 0 Å². The molecule has 0 bridgehead atoms. The largest absolute Gasteiger partial charge is 0.368 e. The fourth-order valence-corrected chi connectivity index (χ4v) is 2.19. The topological polar surface area (TPSA) is 67.4 Å². The van der Waals surface area contributed by atoms with E-state index in [0.717, 1.165) is 25.7 Å². The molecule has 1 aromatic rings. The molecular weight excluding hydrogens is 268 g/mol. The number of nitrogens with one attached hydrogen (secondary N) is 2. The summed E-state index contributed by atoms with van der Waals surface area (Å²) in [7, 11) is 0. The molecule has 1 fully saturated rings. The number of anilines is 1. The van der Waals surface area contributed by atoms with Crippen LogP contribution in [0, 0.1) is 0 Å². The zero-order valence-electron chi connectivity index (χ0n) is 12.4. The van der Waals surface area contributed by atoms with Crippen molar-refractivity contribution in [3.63, 3.8) is 0 Å². The minimum atomic E-state index is -0.345. The normalized spacial score (nSPS) is 17.5. The lowest BCUT2D eigenvalue weighted by Gasteiger charge is -2.11. The van der Waals surface area contributed by atoms with Gasteiger partial charge in [0.05, 0.1) is 0 Å². The molecule has 0 spiro atoms. The second-order valence-electron chi connectivity index (χ2n) is 5.18. The summed E-state index contributed by atoms with van der Waals surface area (Å²) in [6.45, 7) is 3.42. The summed E-state index contributed by atoms with van der Waals surface area (Å²) in [4.78, 5) is 23.7. The second kappa shape index (κ2) is 7.78. The molecule has 0 radical (unpaired) electrons. The number of hydrogen-bond donors (Lipinski definition) is 2. The van der Waals surface area contributed by atoms with E-state index in [9.17, 15) is 9.59 Å². The molecule has 1 atom stereocenters. The maximum Gasteiger partial charge on any atom is 0.253 e. The molecular formula is C16H22N2O3. The molecule has 1 aromatic carbocycles. The van der Waals surface area contributed by atoms with Crippen LogP contribution in [-0.2, 0) is 9.53 Å². The average molecular weight is 290 g/mol. The van der Waals surface area contributed by atoms with Crippen molar-refractivity contribution in [3.05, 3.63) is 29.8 Å². The molecule has 0 unspecified atom stereocenters. The number of unbranched alkanes of at least 4 members (excludes halogenated alkanes) is 1. The lowest BCUT2D eigenvalue weighted by atomic mass is 10.1. The Morgan fingerprint density at radius 3 is 2.67 bits per heavy atom. The van der Waals surface area contributed by atoms with E-state index in [1.807, 2.05) is 0 Å². The van der Waals surface area contributed by atoms with Crippen LogP contribution >= 0.6 is 0 Å². The van der Waals surface area contributed by atoms with Crippen molar-refractivity contribution in [1.82, 2.24) is 5.32 Å². The maximum atomic E-state index is 11.9. The van der Waals surface area contributed by atoms with Crippen LogP contribution in [0.4, 0.5) is 5.69 Å². The summed E-state index contributed by atoms with van der Waals surface area (Å²) in [5.41, 5.74) is 1.28. The predicted octanol–water partition coefficient (Wildman–Crippen LogP) is 2.33. The minimum absolute atomic E-state index is 0.0829. The van der Waals surface area contributed by atoms with Crippen molar-refractivity contribution >= 4 is 17.5 Å². The third-order valence-corrected chi connectivity index (χ3v) is 3.45. The predicted molar refractivity (Wildman–Crippen MR) is 81.3 cm³/mol. The van der Waals surface area contributed by atoms with Gasteiger partial charge in [-0.05, 0) is 43.5 Å². The zero-order chi connectivity index (χ0) is 15.1. The van der Waals surface area contributed by atoms with Crippen molar-refractivity contribution in [2.75, 3.05) is 18.5 Å². The van der Waals surface area contributed by atoms with Gasteiger partial charge in [0.15, 0.2) is 0 Å². The number of ether oxygens (including phenoxy) is 1. The van der Waals surface area contributed by atoms with E-state index < -0.39 is 0 Å². The highest BCUT2D eigenvalue weighted by Crippen LogP contribution is 2.15. The minimum Gasteiger partial charge on any atom is -0.368 e. The van der Waals surface area contributed by atoms with Crippen molar-refractivity contribution in [2.24, 2.45) is 0 Å². The molecule has 0 saturated carbocycles. The Bertz CT molecular complexity index is 479. The Kier molecular flexibility index (Phi) is 5.75. The Labute approximate surface area is 125 Å². The number of benzene rings is 1. The van der Waals surface area contributed by atoms with Gasteiger partial charge in [0.1, 0.15) is 6.10 Å². The molecule has 2 rings (SSSR count). The fourth-order valence-electron chi connectivity index (χ4n) is 2.19. The Morgan fingerprint density at radius 2 is 2.05 bits per heavy atom. The average Bonchev–Trinajstić information content (AvgIpc) is 3.02. The van der Waals surface area contributed by atoms with Crippen molar-refractivity contribution in [2.45, 2.75) is 38.7 Å². The number of rotatable bonds is 6. The van der Waals surface area contributed by atoms with E-state index in [2.05, 4.69) is 17.6 Å². The van der Waals surface area contributed by atoms with E-state index in [1.54, 1.807) is 24.3 Å². The van der Waals surface area contributed by atoms with Crippen molar-refractivity contribution < 1.29 is 14.3 Å². The first-order valence-electron chi connectivity index (χ1n) is 7.51. The third-order valence-electron chi connectivity index (χ3n) is 3.45. The quantitative estimate of drug-likeness (QED) is 0.790. The first-order valence-corrected chi connectivity index (χ1v) is 7.51. The Morgan fingerprint density at radius 1 is 1.29 bits per heavy atom. The van der Waals surface area contributed by atoms with Gasteiger partial charge in [0.2, 0.25) is 0 Å². The van der Waals surface area contributed by atoms with Crippen molar-refractivity contribution in [1.29, 1.82) is 0 Å². The first-order chi connectivity index (χ1) is 10.2. The van der Waals surface area contributed by atoms with Gasteiger partial charge in [-0.15, -0.1) is 0 Å². The van der Waals surface area contributed by atoms with Gasteiger partial charge in [-0.1, -0.05) is 13.3 Å². The monoisotopic (exact) mass is 290 g/mol. The molecule has 1 aliphatic heterocycles. The molecule has 0 aromatic heterocycles. The lowest BCUT2D eigenvalue weighted by Crippen LogP contribution is -2.27. The summed E-state index contributed by atoms with van der Waals surface area (Å²) in [6, 6.07) is 6.90. The number of amides is 2. The molecule has 21 heavy (non-hydrogen) atoms. The van der Waals surface area contributed by atoms with Gasteiger partial charge in [0.25, 0.3) is 11.8 Å². The molecule has 1 saturated heterocycles. The number of carbonyl (C=O) groups excluding carboxylic acids is 2. The molecule has 1 aliphatic rings. The number of hydrogen-bond acceptors (Lipinski definition) is 3.